The van der Waals surface area contributed by atoms with Crippen molar-refractivity contribution in [1.29, 1.82) is 0 Å². The zero-order valence-electron chi connectivity index (χ0n) is 21.4. The van der Waals surface area contributed by atoms with Gasteiger partial charge >= 0.3 is 6.18 Å². The molecular formula is C30H34F4N2O. The molecule has 7 heteroatoms. The zero-order valence-corrected chi connectivity index (χ0v) is 21.4. The number of amides is 1. The first-order chi connectivity index (χ1) is 17.6. The van der Waals surface area contributed by atoms with Crippen LogP contribution >= 0.6 is 0 Å². The van der Waals surface area contributed by atoms with E-state index < -0.39 is 23.0 Å². The molecule has 1 spiro atoms. The fraction of sp³-hybridized carbons (Fsp3) is 0.500. The molecule has 2 fully saturated rings. The lowest BCUT2D eigenvalue weighted by molar-refractivity contribution is -0.137. The van der Waals surface area contributed by atoms with Crippen LogP contribution < -0.4 is 5.32 Å². The molecule has 37 heavy (non-hydrogen) atoms. The van der Waals surface area contributed by atoms with Crippen LogP contribution in [0.4, 0.5) is 17.6 Å². The summed E-state index contributed by atoms with van der Waals surface area (Å²) in [5.41, 5.74) is 1.32. The summed E-state index contributed by atoms with van der Waals surface area (Å²) in [6.07, 6.45) is 4.11. The molecule has 198 valence electrons. The molecule has 1 heterocycles. The number of carbonyl (C=O) groups is 1. The predicted octanol–water partition coefficient (Wildman–Crippen LogP) is 6.72. The maximum Gasteiger partial charge on any atom is 0.416 e. The van der Waals surface area contributed by atoms with Gasteiger partial charge in [-0.25, -0.2) is 4.39 Å². The Kier molecular flexibility index (Phi) is 6.71. The number of nitrogens with zero attached hydrogens (tertiary/aromatic N) is 1. The highest BCUT2D eigenvalue weighted by Gasteiger charge is 2.49. The fourth-order valence-electron chi connectivity index (χ4n) is 6.94. The van der Waals surface area contributed by atoms with Crippen LogP contribution in [0.15, 0.2) is 48.5 Å². The number of carbonyl (C=O) groups excluding carboxylic acids is 1. The van der Waals surface area contributed by atoms with Crippen molar-refractivity contribution < 1.29 is 22.4 Å². The van der Waals surface area contributed by atoms with E-state index in [1.165, 1.54) is 11.1 Å². The molecule has 2 aliphatic carbocycles. The van der Waals surface area contributed by atoms with E-state index in [4.69, 9.17) is 0 Å². The molecule has 2 aromatic carbocycles. The molecule has 3 aliphatic rings. The minimum atomic E-state index is -4.63. The lowest BCUT2D eigenvalue weighted by atomic mass is 9.67. The Morgan fingerprint density at radius 3 is 2.68 bits per heavy atom. The average molecular weight is 515 g/mol. The van der Waals surface area contributed by atoms with Gasteiger partial charge in [-0.05, 0) is 79.5 Å². The number of alkyl halides is 3. The van der Waals surface area contributed by atoms with Crippen LogP contribution in [0.2, 0.25) is 0 Å². The second kappa shape index (κ2) is 9.57. The maximum absolute atomic E-state index is 13.8. The Bertz CT molecular complexity index is 1210. The number of fused-ring (bicyclic) bond motifs is 2. The number of nitrogens with one attached hydrogen (secondary N) is 1. The number of halogens is 4. The molecule has 2 aromatic rings. The average Bonchev–Trinajstić information content (AvgIpc) is 3.47. The van der Waals surface area contributed by atoms with Crippen molar-refractivity contribution >= 4 is 12.0 Å². The highest BCUT2D eigenvalue weighted by atomic mass is 19.4. The van der Waals surface area contributed by atoms with Crippen molar-refractivity contribution in [2.24, 2.45) is 11.3 Å². The van der Waals surface area contributed by atoms with Crippen molar-refractivity contribution in [3.05, 3.63) is 76.6 Å². The molecule has 0 radical (unpaired) electrons. The van der Waals surface area contributed by atoms with Gasteiger partial charge < -0.3 is 5.32 Å². The SMILES string of the molecule is CCC1(C(=O)NCc2cc(F)cc(C(F)(F)F)c2)CCC(N2CC[C@]3(C=Cc4ccccc43)[C@@H](C)C2)C1. The number of likely N-dealkylation sites (tertiary alicyclic amines) is 1. The molecule has 5 rings (SSSR count). The minimum Gasteiger partial charge on any atom is -0.352 e. The number of hydrogen-bond donors (Lipinski definition) is 1. The van der Waals surface area contributed by atoms with Crippen molar-refractivity contribution in [3.63, 3.8) is 0 Å². The molecule has 0 bridgehead atoms. The van der Waals surface area contributed by atoms with Crippen LogP contribution in [0.1, 0.15) is 68.2 Å². The van der Waals surface area contributed by atoms with Crippen LogP contribution in [0.3, 0.4) is 0 Å². The lowest BCUT2D eigenvalue weighted by Gasteiger charge is -2.46. The summed E-state index contributed by atoms with van der Waals surface area (Å²) in [7, 11) is 0. The Morgan fingerprint density at radius 2 is 1.95 bits per heavy atom. The van der Waals surface area contributed by atoms with E-state index in [1.807, 2.05) is 6.92 Å². The molecule has 1 aliphatic heterocycles. The summed E-state index contributed by atoms with van der Waals surface area (Å²) >= 11 is 0. The van der Waals surface area contributed by atoms with Crippen LogP contribution in [0, 0.1) is 17.2 Å². The highest BCUT2D eigenvalue weighted by molar-refractivity contribution is 5.83. The van der Waals surface area contributed by atoms with Gasteiger partial charge in [-0.1, -0.05) is 50.3 Å². The molecule has 1 N–H and O–H groups in total. The molecule has 4 atom stereocenters. The number of piperidine rings is 1. The molecule has 1 amide bonds. The number of benzene rings is 2. The third kappa shape index (κ3) is 4.71. The van der Waals surface area contributed by atoms with Crippen molar-refractivity contribution in [2.75, 3.05) is 13.1 Å². The summed E-state index contributed by atoms with van der Waals surface area (Å²) < 4.78 is 53.0. The first-order valence-electron chi connectivity index (χ1n) is 13.2. The van der Waals surface area contributed by atoms with Crippen LogP contribution in [-0.4, -0.2) is 29.9 Å². The first-order valence-corrected chi connectivity index (χ1v) is 13.2. The van der Waals surface area contributed by atoms with Gasteiger partial charge in [-0.15, -0.1) is 0 Å². The second-order valence-corrected chi connectivity index (χ2v) is 11.2. The van der Waals surface area contributed by atoms with E-state index in [1.54, 1.807) is 0 Å². The second-order valence-electron chi connectivity index (χ2n) is 11.2. The van der Waals surface area contributed by atoms with E-state index in [-0.39, 0.29) is 23.4 Å². The van der Waals surface area contributed by atoms with Crippen LogP contribution in [-0.2, 0) is 22.9 Å². The third-order valence-corrected chi connectivity index (χ3v) is 9.22. The summed E-state index contributed by atoms with van der Waals surface area (Å²) in [6.45, 7) is 6.13. The number of rotatable bonds is 5. The summed E-state index contributed by atoms with van der Waals surface area (Å²) in [5.74, 6) is -0.658. The third-order valence-electron chi connectivity index (χ3n) is 9.22. The van der Waals surface area contributed by atoms with E-state index in [0.29, 0.717) is 24.4 Å². The molecule has 1 saturated heterocycles. The predicted molar refractivity (Wildman–Crippen MR) is 136 cm³/mol. The lowest BCUT2D eigenvalue weighted by Crippen LogP contribution is -2.51. The number of hydrogen-bond acceptors (Lipinski definition) is 2. The zero-order chi connectivity index (χ0) is 26.4. The van der Waals surface area contributed by atoms with Gasteiger partial charge in [-0.2, -0.15) is 13.2 Å². The van der Waals surface area contributed by atoms with E-state index in [0.717, 1.165) is 50.9 Å². The Balaban J connectivity index is 1.23. The maximum atomic E-state index is 13.8. The summed E-state index contributed by atoms with van der Waals surface area (Å²) in [5, 5.41) is 2.82. The minimum absolute atomic E-state index is 0.0745. The fourth-order valence-corrected chi connectivity index (χ4v) is 6.94. The normalized spacial score (nSPS) is 29.6. The molecule has 0 aromatic heterocycles. The van der Waals surface area contributed by atoms with Crippen molar-refractivity contribution in [2.45, 2.75) is 70.1 Å². The largest absolute Gasteiger partial charge is 0.416 e. The van der Waals surface area contributed by atoms with Gasteiger partial charge in [0.2, 0.25) is 5.91 Å². The van der Waals surface area contributed by atoms with Crippen LogP contribution in [0.5, 0.6) is 0 Å². The van der Waals surface area contributed by atoms with Crippen molar-refractivity contribution in [1.82, 2.24) is 10.2 Å². The highest BCUT2D eigenvalue weighted by Crippen LogP contribution is 2.49. The van der Waals surface area contributed by atoms with Gasteiger partial charge in [0.25, 0.3) is 0 Å². The molecule has 2 unspecified atom stereocenters. The van der Waals surface area contributed by atoms with Gasteiger partial charge in [-0.3, -0.25) is 9.69 Å². The van der Waals surface area contributed by atoms with E-state index >= 15 is 0 Å². The van der Waals surface area contributed by atoms with Gasteiger partial charge in [0.1, 0.15) is 5.82 Å². The smallest absolute Gasteiger partial charge is 0.352 e. The summed E-state index contributed by atoms with van der Waals surface area (Å²) in [6, 6.07) is 11.4. The quantitative estimate of drug-likeness (QED) is 0.450. The Morgan fingerprint density at radius 1 is 1.16 bits per heavy atom. The monoisotopic (exact) mass is 514 g/mol. The number of allylic oxidation sites excluding steroid dienone is 1. The van der Waals surface area contributed by atoms with Crippen LogP contribution in [0.25, 0.3) is 6.08 Å². The van der Waals surface area contributed by atoms with E-state index in [9.17, 15) is 22.4 Å². The Labute approximate surface area is 215 Å². The standard InChI is InChI=1S/C30H34F4N2O/c1-3-28(27(37)35-18-21-14-23(30(32,33)34)16-24(31)15-21)10-9-25(17-28)36-13-12-29(20(2)19-36)11-8-22-6-4-5-7-26(22)29/h4-8,11,14-16,20,25H,3,9-10,12-13,17-19H2,1-2H3,(H,35,37)/t20-,25?,28?,29+/m0/s1. The molecule has 3 nitrogen and oxygen atoms in total. The summed E-state index contributed by atoms with van der Waals surface area (Å²) in [4.78, 5) is 15.9. The van der Waals surface area contributed by atoms with Gasteiger partial charge in [0.05, 0.1) is 11.0 Å². The van der Waals surface area contributed by atoms with E-state index in [2.05, 4.69) is 53.6 Å². The first kappa shape index (κ1) is 26.0. The molecule has 1 saturated carbocycles. The van der Waals surface area contributed by atoms with Gasteiger partial charge in [0.15, 0.2) is 0 Å². The van der Waals surface area contributed by atoms with Crippen molar-refractivity contribution in [3.8, 4) is 0 Å². The topological polar surface area (TPSA) is 32.3 Å². The van der Waals surface area contributed by atoms with Gasteiger partial charge in [0, 0.05) is 24.5 Å². The molecular weight excluding hydrogens is 480 g/mol. The Hall–Kier alpha value is -2.67.